The first-order chi connectivity index (χ1) is 15.7. The third-order valence-corrected chi connectivity index (χ3v) is 6.29. The zero-order chi connectivity index (χ0) is 22.2. The Hall–Kier alpha value is -1.92. The van der Waals surface area contributed by atoms with E-state index in [4.69, 9.17) is 9.73 Å². The smallest absolute Gasteiger partial charge is 0.194 e. The van der Waals surface area contributed by atoms with Crippen molar-refractivity contribution in [1.82, 2.24) is 29.9 Å². The number of halogens is 1. The molecule has 1 aromatic heterocycles. The summed E-state index contributed by atoms with van der Waals surface area (Å²) >= 11 is 0. The predicted octanol–water partition coefficient (Wildman–Crippen LogP) is 1.73. The van der Waals surface area contributed by atoms with Crippen molar-refractivity contribution in [2.24, 2.45) is 12.0 Å². The van der Waals surface area contributed by atoms with Gasteiger partial charge in [-0.15, -0.1) is 34.2 Å². The van der Waals surface area contributed by atoms with Crippen LogP contribution in [0.3, 0.4) is 0 Å². The summed E-state index contributed by atoms with van der Waals surface area (Å²) in [5, 5.41) is 12.1. The molecule has 2 aliphatic heterocycles. The van der Waals surface area contributed by atoms with Crippen molar-refractivity contribution in [2.45, 2.75) is 19.9 Å². The standard InChI is InChI=1S/C23H36N8O.HI/c1-20-26-27-22(28(20)2)19-25-23(24-9-6-10-29-15-17-32-18-16-29)31-13-11-30(12-14-31)21-7-4-3-5-8-21;/h3-5,7-8H,6,9-19H2,1-2H3,(H,24,25);1H. The van der Waals surface area contributed by atoms with Gasteiger partial charge in [0.2, 0.25) is 0 Å². The van der Waals surface area contributed by atoms with E-state index >= 15 is 0 Å². The van der Waals surface area contributed by atoms with Crippen molar-refractivity contribution in [3.8, 4) is 0 Å². The Kier molecular flexibility index (Phi) is 10.2. The summed E-state index contributed by atoms with van der Waals surface area (Å²) < 4.78 is 7.46. The number of hydrogen-bond acceptors (Lipinski definition) is 6. The molecule has 3 heterocycles. The lowest BCUT2D eigenvalue weighted by Crippen LogP contribution is -2.53. The molecule has 0 amide bonds. The molecule has 182 valence electrons. The number of anilines is 1. The number of nitrogens with zero attached hydrogens (tertiary/aromatic N) is 7. The van der Waals surface area contributed by atoms with Gasteiger partial charge in [0.15, 0.2) is 11.8 Å². The molecule has 10 heteroatoms. The lowest BCUT2D eigenvalue weighted by molar-refractivity contribution is 0.0375. The van der Waals surface area contributed by atoms with Gasteiger partial charge in [0.25, 0.3) is 0 Å². The number of rotatable bonds is 7. The first-order valence-electron chi connectivity index (χ1n) is 11.7. The maximum Gasteiger partial charge on any atom is 0.194 e. The van der Waals surface area contributed by atoms with Crippen LogP contribution in [0, 0.1) is 6.92 Å². The molecule has 2 aliphatic rings. The summed E-state index contributed by atoms with van der Waals surface area (Å²) in [6, 6.07) is 10.6. The highest BCUT2D eigenvalue weighted by Crippen LogP contribution is 2.15. The summed E-state index contributed by atoms with van der Waals surface area (Å²) in [4.78, 5) is 12.2. The minimum absolute atomic E-state index is 0. The largest absolute Gasteiger partial charge is 0.379 e. The molecule has 2 aromatic rings. The first-order valence-corrected chi connectivity index (χ1v) is 11.7. The number of aryl methyl sites for hydroxylation is 1. The van der Waals surface area contributed by atoms with Crippen LogP contribution in [0.15, 0.2) is 35.3 Å². The molecule has 0 saturated carbocycles. The second kappa shape index (κ2) is 13.1. The molecule has 0 atom stereocenters. The second-order valence-electron chi connectivity index (χ2n) is 8.41. The van der Waals surface area contributed by atoms with Crippen LogP contribution in [-0.4, -0.2) is 96.1 Å². The molecule has 2 fully saturated rings. The molecule has 0 aliphatic carbocycles. The van der Waals surface area contributed by atoms with Crippen LogP contribution in [0.25, 0.3) is 0 Å². The fourth-order valence-electron chi connectivity index (χ4n) is 4.14. The average molecular weight is 569 g/mol. The van der Waals surface area contributed by atoms with E-state index in [1.54, 1.807) is 0 Å². The van der Waals surface area contributed by atoms with Gasteiger partial charge in [-0.25, -0.2) is 4.99 Å². The number of ether oxygens (including phenoxy) is 1. The predicted molar refractivity (Wildman–Crippen MR) is 142 cm³/mol. The zero-order valence-corrected chi connectivity index (χ0v) is 22.1. The molecule has 4 rings (SSSR count). The van der Waals surface area contributed by atoms with E-state index in [9.17, 15) is 0 Å². The molecule has 0 bridgehead atoms. The van der Waals surface area contributed by atoms with E-state index in [1.165, 1.54) is 5.69 Å². The monoisotopic (exact) mass is 568 g/mol. The van der Waals surface area contributed by atoms with Gasteiger partial charge >= 0.3 is 0 Å². The molecule has 33 heavy (non-hydrogen) atoms. The number of morpholine rings is 1. The van der Waals surface area contributed by atoms with Gasteiger partial charge in [-0.05, 0) is 32.0 Å². The fraction of sp³-hybridized carbons (Fsp3) is 0.609. The molecule has 9 nitrogen and oxygen atoms in total. The lowest BCUT2D eigenvalue weighted by atomic mass is 10.2. The van der Waals surface area contributed by atoms with Gasteiger partial charge in [0.05, 0.1) is 13.2 Å². The third-order valence-electron chi connectivity index (χ3n) is 6.29. The molecule has 1 aromatic carbocycles. The highest BCUT2D eigenvalue weighted by atomic mass is 127. The van der Waals surface area contributed by atoms with E-state index in [1.807, 2.05) is 18.5 Å². The summed E-state index contributed by atoms with van der Waals surface area (Å²) in [5.74, 6) is 2.77. The van der Waals surface area contributed by atoms with Crippen molar-refractivity contribution < 1.29 is 4.74 Å². The Balaban J connectivity index is 0.00000306. The van der Waals surface area contributed by atoms with Crippen LogP contribution in [0.2, 0.25) is 0 Å². The van der Waals surface area contributed by atoms with E-state index in [0.717, 1.165) is 89.6 Å². The zero-order valence-electron chi connectivity index (χ0n) is 19.8. The van der Waals surface area contributed by atoms with Crippen LogP contribution in [0.4, 0.5) is 5.69 Å². The van der Waals surface area contributed by atoms with Gasteiger partial charge in [0.1, 0.15) is 12.4 Å². The summed E-state index contributed by atoms with van der Waals surface area (Å²) in [6.07, 6.45) is 1.09. The van der Waals surface area contributed by atoms with Gasteiger partial charge in [-0.2, -0.15) is 0 Å². The highest BCUT2D eigenvalue weighted by molar-refractivity contribution is 14.0. The van der Waals surface area contributed by atoms with E-state index in [2.05, 4.69) is 60.5 Å². The number of nitrogens with one attached hydrogen (secondary N) is 1. The van der Waals surface area contributed by atoms with Crippen LogP contribution < -0.4 is 10.2 Å². The number of hydrogen-bond donors (Lipinski definition) is 1. The number of para-hydroxylation sites is 1. The molecule has 1 N–H and O–H groups in total. The second-order valence-corrected chi connectivity index (χ2v) is 8.41. The number of aliphatic imine (C=N–C) groups is 1. The van der Waals surface area contributed by atoms with Crippen LogP contribution in [0.5, 0.6) is 0 Å². The molecule has 0 spiro atoms. The first kappa shape index (κ1) is 25.7. The van der Waals surface area contributed by atoms with Crippen LogP contribution in [0.1, 0.15) is 18.1 Å². The topological polar surface area (TPSA) is 74.0 Å². The highest BCUT2D eigenvalue weighted by Gasteiger charge is 2.20. The molecule has 2 saturated heterocycles. The SMILES string of the molecule is Cc1nnc(CN=C(NCCCN2CCOCC2)N2CCN(c3ccccc3)CC2)n1C.I. The number of guanidine groups is 1. The molecular weight excluding hydrogens is 531 g/mol. The number of benzene rings is 1. The van der Waals surface area contributed by atoms with Gasteiger partial charge < -0.3 is 24.4 Å². The van der Waals surface area contributed by atoms with Crippen molar-refractivity contribution in [1.29, 1.82) is 0 Å². The van der Waals surface area contributed by atoms with E-state index < -0.39 is 0 Å². The van der Waals surface area contributed by atoms with Crippen molar-refractivity contribution in [2.75, 3.05) is 70.5 Å². The Labute approximate surface area is 214 Å². The number of piperazine rings is 1. The minimum Gasteiger partial charge on any atom is -0.379 e. The Morgan fingerprint density at radius 2 is 1.76 bits per heavy atom. The Morgan fingerprint density at radius 3 is 2.42 bits per heavy atom. The van der Waals surface area contributed by atoms with Crippen molar-refractivity contribution >= 4 is 35.6 Å². The fourth-order valence-corrected chi connectivity index (χ4v) is 4.14. The number of aromatic nitrogens is 3. The van der Waals surface area contributed by atoms with Gasteiger partial charge in [0, 0.05) is 58.5 Å². The molecule has 0 unspecified atom stereocenters. The van der Waals surface area contributed by atoms with Gasteiger partial charge in [-0.3, -0.25) is 4.90 Å². The molecule has 0 radical (unpaired) electrons. The molecular formula is C23H37IN8O. The van der Waals surface area contributed by atoms with E-state index in [-0.39, 0.29) is 24.0 Å². The normalized spacial score (nSPS) is 17.7. The minimum atomic E-state index is 0. The van der Waals surface area contributed by atoms with Crippen molar-refractivity contribution in [3.05, 3.63) is 42.0 Å². The van der Waals surface area contributed by atoms with Crippen LogP contribution in [-0.2, 0) is 18.3 Å². The average Bonchev–Trinajstić information content (AvgIpc) is 3.17. The maximum absolute atomic E-state index is 5.45. The van der Waals surface area contributed by atoms with Gasteiger partial charge in [-0.1, -0.05) is 18.2 Å². The Bertz CT molecular complexity index is 861. The third kappa shape index (κ3) is 7.28. The van der Waals surface area contributed by atoms with E-state index in [0.29, 0.717) is 6.54 Å². The summed E-state index contributed by atoms with van der Waals surface area (Å²) in [7, 11) is 1.99. The Morgan fingerprint density at radius 1 is 1.03 bits per heavy atom. The lowest BCUT2D eigenvalue weighted by Gasteiger charge is -2.38. The summed E-state index contributed by atoms with van der Waals surface area (Å²) in [5.41, 5.74) is 1.29. The van der Waals surface area contributed by atoms with Crippen molar-refractivity contribution in [3.63, 3.8) is 0 Å². The van der Waals surface area contributed by atoms with Crippen LogP contribution >= 0.6 is 24.0 Å². The maximum atomic E-state index is 5.45. The quantitative estimate of drug-likeness (QED) is 0.236. The summed E-state index contributed by atoms with van der Waals surface area (Å²) in [6.45, 7) is 12.1.